The van der Waals surface area contributed by atoms with E-state index < -0.39 is 0 Å². The van der Waals surface area contributed by atoms with Crippen molar-refractivity contribution in [2.75, 3.05) is 19.2 Å². The quantitative estimate of drug-likeness (QED) is 0.752. The fraction of sp³-hybridized carbons (Fsp3) is 0.176. The predicted octanol–water partition coefficient (Wildman–Crippen LogP) is 2.71. The molecular formula is C17H17N3O2. The van der Waals surface area contributed by atoms with Gasteiger partial charge in [-0.1, -0.05) is 18.2 Å². The number of aromatic nitrogens is 2. The normalized spacial score (nSPS) is 10.8. The number of methoxy groups -OCH3 is 1. The minimum Gasteiger partial charge on any atom is -0.365 e. The zero-order valence-electron chi connectivity index (χ0n) is 12.5. The van der Waals surface area contributed by atoms with Crippen molar-refractivity contribution >= 4 is 16.6 Å². The summed E-state index contributed by atoms with van der Waals surface area (Å²) in [5.74, 6) is 0. The highest BCUT2D eigenvalue weighted by Gasteiger charge is 2.08. The summed E-state index contributed by atoms with van der Waals surface area (Å²) in [6.45, 7) is 2.38. The van der Waals surface area contributed by atoms with Crippen molar-refractivity contribution in [2.24, 2.45) is 0 Å². The molecule has 0 unspecified atom stereocenters. The first-order valence-electron chi connectivity index (χ1n) is 7.01. The number of anilines is 1. The Labute approximate surface area is 128 Å². The van der Waals surface area contributed by atoms with Gasteiger partial charge in [0.05, 0.1) is 16.6 Å². The Morgan fingerprint density at radius 1 is 1.23 bits per heavy atom. The Balaban J connectivity index is 2.14. The molecule has 0 aliphatic rings. The molecule has 0 atom stereocenters. The molecule has 0 aliphatic heterocycles. The van der Waals surface area contributed by atoms with E-state index in [2.05, 4.69) is 10.3 Å². The van der Waals surface area contributed by atoms with Gasteiger partial charge in [-0.3, -0.25) is 9.36 Å². The molecule has 0 saturated carbocycles. The molecule has 3 aromatic rings. The minimum absolute atomic E-state index is 0.0717. The number of nitrogens with zero attached hydrogens (tertiary/aromatic N) is 2. The molecule has 0 radical (unpaired) electrons. The van der Waals surface area contributed by atoms with E-state index in [1.54, 1.807) is 24.1 Å². The first-order valence-corrected chi connectivity index (χ1v) is 7.01. The number of fused-ring (bicyclic) bond motifs is 1. The van der Waals surface area contributed by atoms with Crippen molar-refractivity contribution in [3.8, 4) is 5.69 Å². The van der Waals surface area contributed by atoms with E-state index in [-0.39, 0.29) is 5.56 Å². The lowest BCUT2D eigenvalue weighted by Crippen LogP contribution is -2.19. The molecule has 112 valence electrons. The van der Waals surface area contributed by atoms with Crippen molar-refractivity contribution in [3.63, 3.8) is 0 Å². The molecule has 0 spiro atoms. The number of benzene rings is 2. The molecule has 0 saturated heterocycles. The standard InChI is InChI=1S/C17H17N3O2/c1-12-7-8-13(19-11-22-2)9-16(12)20-10-18-15-6-4-3-5-14(15)17(20)21/h3-10,19H,11H2,1-2H3. The maximum absolute atomic E-state index is 12.7. The number of rotatable bonds is 4. The Hall–Kier alpha value is -2.66. The Bertz CT molecular complexity index is 871. The topological polar surface area (TPSA) is 56.1 Å². The smallest absolute Gasteiger partial charge is 0.265 e. The van der Waals surface area contributed by atoms with E-state index in [1.165, 1.54) is 0 Å². The third-order valence-corrected chi connectivity index (χ3v) is 3.55. The van der Waals surface area contributed by atoms with Crippen molar-refractivity contribution in [3.05, 3.63) is 64.7 Å². The van der Waals surface area contributed by atoms with E-state index in [1.807, 2.05) is 43.3 Å². The summed E-state index contributed by atoms with van der Waals surface area (Å²) >= 11 is 0. The number of aryl methyl sites for hydroxylation is 1. The Kier molecular flexibility index (Phi) is 3.89. The average Bonchev–Trinajstić information content (AvgIpc) is 2.55. The van der Waals surface area contributed by atoms with Gasteiger partial charge in [0.2, 0.25) is 0 Å². The summed E-state index contributed by atoms with van der Waals surface area (Å²) < 4.78 is 6.59. The molecule has 3 rings (SSSR count). The number of nitrogens with one attached hydrogen (secondary N) is 1. The summed E-state index contributed by atoms with van der Waals surface area (Å²) in [6.07, 6.45) is 1.58. The minimum atomic E-state index is -0.0717. The van der Waals surface area contributed by atoms with Gasteiger partial charge in [-0.2, -0.15) is 0 Å². The highest BCUT2D eigenvalue weighted by molar-refractivity contribution is 5.77. The molecule has 1 N–H and O–H groups in total. The van der Waals surface area contributed by atoms with Crippen molar-refractivity contribution in [2.45, 2.75) is 6.92 Å². The average molecular weight is 295 g/mol. The van der Waals surface area contributed by atoms with Gasteiger partial charge < -0.3 is 10.1 Å². The molecule has 22 heavy (non-hydrogen) atoms. The third kappa shape index (κ3) is 2.58. The lowest BCUT2D eigenvalue weighted by molar-refractivity contribution is 0.221. The van der Waals surface area contributed by atoms with Crippen LogP contribution in [0.15, 0.2) is 53.6 Å². The largest absolute Gasteiger partial charge is 0.365 e. The monoisotopic (exact) mass is 295 g/mol. The van der Waals surface area contributed by atoms with E-state index >= 15 is 0 Å². The highest BCUT2D eigenvalue weighted by Crippen LogP contribution is 2.18. The van der Waals surface area contributed by atoms with Crippen LogP contribution in [0.4, 0.5) is 5.69 Å². The van der Waals surface area contributed by atoms with Crippen LogP contribution in [-0.4, -0.2) is 23.4 Å². The van der Waals surface area contributed by atoms with Crippen LogP contribution < -0.4 is 10.9 Å². The molecule has 1 heterocycles. The second-order valence-corrected chi connectivity index (χ2v) is 5.05. The first-order chi connectivity index (χ1) is 10.7. The van der Waals surface area contributed by atoms with Gasteiger partial charge in [-0.15, -0.1) is 0 Å². The van der Waals surface area contributed by atoms with Crippen LogP contribution in [0.1, 0.15) is 5.56 Å². The van der Waals surface area contributed by atoms with Gasteiger partial charge in [0.1, 0.15) is 13.1 Å². The highest BCUT2D eigenvalue weighted by atomic mass is 16.5. The van der Waals surface area contributed by atoms with E-state index in [4.69, 9.17) is 4.74 Å². The van der Waals surface area contributed by atoms with Gasteiger partial charge >= 0.3 is 0 Å². The van der Waals surface area contributed by atoms with Crippen molar-refractivity contribution in [1.82, 2.24) is 9.55 Å². The van der Waals surface area contributed by atoms with Gasteiger partial charge in [-0.05, 0) is 36.8 Å². The third-order valence-electron chi connectivity index (χ3n) is 3.55. The van der Waals surface area contributed by atoms with Crippen LogP contribution in [-0.2, 0) is 4.74 Å². The van der Waals surface area contributed by atoms with Gasteiger partial charge in [0.15, 0.2) is 0 Å². The van der Waals surface area contributed by atoms with Gasteiger partial charge in [-0.25, -0.2) is 4.98 Å². The molecule has 5 heteroatoms. The zero-order valence-corrected chi connectivity index (χ0v) is 12.5. The van der Waals surface area contributed by atoms with Crippen LogP contribution >= 0.6 is 0 Å². The number of hydrogen-bond donors (Lipinski definition) is 1. The summed E-state index contributed by atoms with van der Waals surface area (Å²) in [5.41, 5.74) is 3.33. The zero-order chi connectivity index (χ0) is 15.5. The Morgan fingerprint density at radius 2 is 2.05 bits per heavy atom. The second kappa shape index (κ2) is 5.99. The van der Waals surface area contributed by atoms with E-state index in [9.17, 15) is 4.79 Å². The summed E-state index contributed by atoms with van der Waals surface area (Å²) in [5, 5.41) is 3.74. The predicted molar refractivity (Wildman–Crippen MR) is 87.6 cm³/mol. The number of ether oxygens (including phenoxy) is 1. The first kappa shape index (κ1) is 14.3. The SMILES string of the molecule is COCNc1ccc(C)c(-n2cnc3ccccc3c2=O)c1. The summed E-state index contributed by atoms with van der Waals surface area (Å²) in [6, 6.07) is 13.2. The van der Waals surface area contributed by atoms with Gasteiger partial charge in [0.25, 0.3) is 5.56 Å². The molecule has 0 bridgehead atoms. The van der Waals surface area contributed by atoms with Crippen LogP contribution in [0.2, 0.25) is 0 Å². The van der Waals surface area contributed by atoms with Crippen LogP contribution in [0.3, 0.4) is 0 Å². The Morgan fingerprint density at radius 3 is 2.86 bits per heavy atom. The van der Waals surface area contributed by atoms with E-state index in [0.29, 0.717) is 17.6 Å². The fourth-order valence-electron chi connectivity index (χ4n) is 2.38. The van der Waals surface area contributed by atoms with Crippen LogP contribution in [0.5, 0.6) is 0 Å². The van der Waals surface area contributed by atoms with Crippen LogP contribution in [0.25, 0.3) is 16.6 Å². The molecule has 0 amide bonds. The van der Waals surface area contributed by atoms with Crippen molar-refractivity contribution in [1.29, 1.82) is 0 Å². The van der Waals surface area contributed by atoms with Crippen molar-refractivity contribution < 1.29 is 4.74 Å². The fourth-order valence-corrected chi connectivity index (χ4v) is 2.38. The molecule has 1 aromatic heterocycles. The number of para-hydroxylation sites is 1. The van der Waals surface area contributed by atoms with Gasteiger partial charge in [0, 0.05) is 12.8 Å². The summed E-state index contributed by atoms with van der Waals surface area (Å²) in [4.78, 5) is 17.1. The molecule has 2 aromatic carbocycles. The molecular weight excluding hydrogens is 278 g/mol. The maximum atomic E-state index is 12.7. The molecule has 0 aliphatic carbocycles. The lowest BCUT2D eigenvalue weighted by Gasteiger charge is -2.12. The van der Waals surface area contributed by atoms with Crippen LogP contribution in [0, 0.1) is 6.92 Å². The second-order valence-electron chi connectivity index (χ2n) is 5.05. The molecule has 5 nitrogen and oxygen atoms in total. The maximum Gasteiger partial charge on any atom is 0.265 e. The van der Waals surface area contributed by atoms with E-state index in [0.717, 1.165) is 16.9 Å². The lowest BCUT2D eigenvalue weighted by atomic mass is 10.1. The molecule has 0 fully saturated rings. The summed E-state index contributed by atoms with van der Waals surface area (Å²) in [7, 11) is 1.62. The number of hydrogen-bond acceptors (Lipinski definition) is 4.